The molecule has 0 aliphatic carbocycles. The highest BCUT2D eigenvalue weighted by Crippen LogP contribution is 2.33. The molecular formula is C26H19ClN4O4. The van der Waals surface area contributed by atoms with Gasteiger partial charge >= 0.3 is 0 Å². The summed E-state index contributed by atoms with van der Waals surface area (Å²) in [5.41, 5.74) is 7.95. The van der Waals surface area contributed by atoms with E-state index in [0.717, 1.165) is 5.39 Å². The van der Waals surface area contributed by atoms with Gasteiger partial charge in [0.1, 0.15) is 5.70 Å². The summed E-state index contributed by atoms with van der Waals surface area (Å²) in [5, 5.41) is 4.03. The number of ether oxygens (including phenoxy) is 2. The molecule has 9 heteroatoms. The molecule has 35 heavy (non-hydrogen) atoms. The van der Waals surface area contributed by atoms with E-state index in [1.54, 1.807) is 79.0 Å². The van der Waals surface area contributed by atoms with E-state index in [2.05, 4.69) is 21.2 Å². The fraction of sp³-hybridized carbons (Fsp3) is 0.0385. The first-order valence-corrected chi connectivity index (χ1v) is 11.0. The summed E-state index contributed by atoms with van der Waals surface area (Å²) < 4.78 is 10.8. The van der Waals surface area contributed by atoms with Crippen LogP contribution in [0.1, 0.15) is 15.9 Å². The molecule has 1 aliphatic rings. The van der Waals surface area contributed by atoms with Gasteiger partial charge in [-0.2, -0.15) is 0 Å². The van der Waals surface area contributed by atoms with Crippen LogP contribution in [0, 0.1) is 0 Å². The van der Waals surface area contributed by atoms with Crippen molar-refractivity contribution >= 4 is 46.1 Å². The molecule has 0 unspecified atom stereocenters. The smallest absolute Gasteiger partial charge is 0.286 e. The minimum atomic E-state index is -0.550. The van der Waals surface area contributed by atoms with Gasteiger partial charge in [-0.15, -0.1) is 0 Å². The number of aromatic nitrogens is 1. The van der Waals surface area contributed by atoms with Crippen LogP contribution in [-0.4, -0.2) is 23.6 Å². The van der Waals surface area contributed by atoms with E-state index in [4.69, 9.17) is 21.1 Å². The quantitative estimate of drug-likeness (QED) is 0.273. The summed E-state index contributed by atoms with van der Waals surface area (Å²) in [4.78, 5) is 30.3. The molecule has 0 saturated heterocycles. The minimum absolute atomic E-state index is 0.0339. The van der Waals surface area contributed by atoms with Crippen molar-refractivity contribution in [1.29, 1.82) is 0 Å². The molecule has 1 aliphatic heterocycles. The Bertz CT molecular complexity index is 1460. The van der Waals surface area contributed by atoms with E-state index >= 15 is 0 Å². The summed E-state index contributed by atoms with van der Waals surface area (Å²) >= 11 is 6.06. The average molecular weight is 487 g/mol. The molecule has 1 aromatic heterocycles. The van der Waals surface area contributed by atoms with E-state index < -0.39 is 11.8 Å². The topological polar surface area (TPSA) is 102 Å². The SMILES string of the molecule is O=C(NNc1ccnc2cc(Cl)ccc12)C(=Cc1ccc2c(c1)OCO2)NC(=O)c1ccccc1. The van der Waals surface area contributed by atoms with Crippen LogP contribution in [0.15, 0.2) is 84.7 Å². The molecule has 4 aromatic rings. The predicted molar refractivity (Wildman–Crippen MR) is 133 cm³/mol. The first kappa shape index (κ1) is 22.2. The molecule has 5 rings (SSSR count). The standard InChI is InChI=1S/C26H19ClN4O4/c27-18-7-8-19-20(10-11-28-21(19)14-18)30-31-26(33)22(29-25(32)17-4-2-1-3-5-17)12-16-6-9-23-24(13-16)35-15-34-23/h1-14H,15H2,(H,28,30)(H,29,32)(H,31,33). The van der Waals surface area contributed by atoms with E-state index in [1.165, 1.54) is 0 Å². The molecule has 0 fully saturated rings. The first-order valence-electron chi connectivity index (χ1n) is 10.7. The monoisotopic (exact) mass is 486 g/mol. The number of amides is 2. The second-order valence-corrected chi connectivity index (χ2v) is 8.03. The van der Waals surface area contributed by atoms with Gasteiger partial charge in [0.2, 0.25) is 6.79 Å². The van der Waals surface area contributed by atoms with Crippen molar-refractivity contribution < 1.29 is 19.1 Å². The van der Waals surface area contributed by atoms with E-state index in [-0.39, 0.29) is 12.5 Å². The molecule has 3 aromatic carbocycles. The molecule has 0 bridgehead atoms. The molecule has 2 amide bonds. The Labute approximate surface area is 205 Å². The number of nitrogens with one attached hydrogen (secondary N) is 3. The summed E-state index contributed by atoms with van der Waals surface area (Å²) in [5.74, 6) is 0.211. The van der Waals surface area contributed by atoms with Crippen molar-refractivity contribution in [3.63, 3.8) is 0 Å². The lowest BCUT2D eigenvalue weighted by Gasteiger charge is -2.14. The van der Waals surface area contributed by atoms with Gasteiger partial charge in [0.25, 0.3) is 11.8 Å². The van der Waals surface area contributed by atoms with Crippen LogP contribution in [0.3, 0.4) is 0 Å². The Balaban J connectivity index is 1.41. The lowest BCUT2D eigenvalue weighted by molar-refractivity contribution is -0.117. The Morgan fingerprint density at radius 2 is 1.77 bits per heavy atom. The van der Waals surface area contributed by atoms with Gasteiger partial charge < -0.3 is 14.8 Å². The molecule has 0 radical (unpaired) electrons. The van der Waals surface area contributed by atoms with Crippen molar-refractivity contribution in [1.82, 2.24) is 15.7 Å². The maximum absolute atomic E-state index is 13.2. The lowest BCUT2D eigenvalue weighted by atomic mass is 10.1. The van der Waals surface area contributed by atoms with Gasteiger partial charge in [0.15, 0.2) is 11.5 Å². The van der Waals surface area contributed by atoms with Crippen LogP contribution < -0.4 is 25.6 Å². The first-order chi connectivity index (χ1) is 17.1. The molecule has 2 heterocycles. The van der Waals surface area contributed by atoms with Crippen LogP contribution in [-0.2, 0) is 4.79 Å². The third kappa shape index (κ3) is 5.02. The van der Waals surface area contributed by atoms with Gasteiger partial charge in [-0.3, -0.25) is 25.4 Å². The van der Waals surface area contributed by atoms with Crippen LogP contribution in [0.4, 0.5) is 5.69 Å². The Morgan fingerprint density at radius 3 is 2.63 bits per heavy atom. The number of nitrogens with zero attached hydrogens (tertiary/aromatic N) is 1. The van der Waals surface area contributed by atoms with Crippen molar-refractivity contribution in [2.45, 2.75) is 0 Å². The van der Waals surface area contributed by atoms with Gasteiger partial charge in [-0.05, 0) is 60.2 Å². The van der Waals surface area contributed by atoms with Crippen molar-refractivity contribution in [3.8, 4) is 11.5 Å². The van der Waals surface area contributed by atoms with Crippen LogP contribution in [0.2, 0.25) is 5.02 Å². The lowest BCUT2D eigenvalue weighted by Crippen LogP contribution is -2.37. The molecule has 174 valence electrons. The van der Waals surface area contributed by atoms with E-state index in [9.17, 15) is 9.59 Å². The highest BCUT2D eigenvalue weighted by Gasteiger charge is 2.17. The highest BCUT2D eigenvalue weighted by atomic mass is 35.5. The maximum atomic E-state index is 13.2. The van der Waals surface area contributed by atoms with Gasteiger partial charge in [0.05, 0.1) is 11.2 Å². The number of carbonyl (C=O) groups excluding carboxylic acids is 2. The number of benzene rings is 3. The van der Waals surface area contributed by atoms with Crippen LogP contribution in [0.25, 0.3) is 17.0 Å². The number of fused-ring (bicyclic) bond motifs is 2. The zero-order chi connectivity index (χ0) is 24.2. The molecular weight excluding hydrogens is 468 g/mol. The number of pyridine rings is 1. The van der Waals surface area contributed by atoms with Crippen molar-refractivity contribution in [2.75, 3.05) is 12.2 Å². The number of hydrogen-bond donors (Lipinski definition) is 3. The largest absolute Gasteiger partial charge is 0.454 e. The maximum Gasteiger partial charge on any atom is 0.286 e. The molecule has 3 N–H and O–H groups in total. The molecule has 0 saturated carbocycles. The van der Waals surface area contributed by atoms with Crippen molar-refractivity contribution in [2.24, 2.45) is 0 Å². The normalized spacial score (nSPS) is 12.3. The van der Waals surface area contributed by atoms with Crippen LogP contribution >= 0.6 is 11.6 Å². The summed E-state index contributed by atoms with van der Waals surface area (Å²) in [6.07, 6.45) is 3.16. The minimum Gasteiger partial charge on any atom is -0.454 e. The van der Waals surface area contributed by atoms with E-state index in [1.807, 2.05) is 6.07 Å². The average Bonchev–Trinajstić information content (AvgIpc) is 3.35. The van der Waals surface area contributed by atoms with Crippen molar-refractivity contribution in [3.05, 3.63) is 101 Å². The third-order valence-electron chi connectivity index (χ3n) is 5.25. The Morgan fingerprint density at radius 1 is 0.943 bits per heavy atom. The number of anilines is 1. The number of hydrogen-bond acceptors (Lipinski definition) is 6. The van der Waals surface area contributed by atoms with Gasteiger partial charge in [-0.25, -0.2) is 0 Å². The summed E-state index contributed by atoms with van der Waals surface area (Å²) in [6.45, 7) is 0.135. The third-order valence-corrected chi connectivity index (χ3v) is 5.49. The Kier molecular flexibility index (Phi) is 6.19. The number of rotatable bonds is 6. The summed E-state index contributed by atoms with van der Waals surface area (Å²) in [6, 6.07) is 20.9. The number of carbonyl (C=O) groups is 2. The highest BCUT2D eigenvalue weighted by molar-refractivity contribution is 6.31. The fourth-order valence-electron chi connectivity index (χ4n) is 3.53. The second kappa shape index (κ2) is 9.74. The predicted octanol–water partition coefficient (Wildman–Crippen LogP) is 4.53. The molecule has 0 spiro atoms. The molecule has 0 atom stereocenters. The zero-order valence-electron chi connectivity index (χ0n) is 18.2. The molecule has 8 nitrogen and oxygen atoms in total. The van der Waals surface area contributed by atoms with Gasteiger partial charge in [-0.1, -0.05) is 35.9 Å². The number of hydrazine groups is 1. The van der Waals surface area contributed by atoms with Gasteiger partial charge in [0, 0.05) is 22.2 Å². The van der Waals surface area contributed by atoms with E-state index in [0.29, 0.717) is 38.9 Å². The van der Waals surface area contributed by atoms with Crippen LogP contribution in [0.5, 0.6) is 11.5 Å². The number of halogens is 1. The fourth-order valence-corrected chi connectivity index (χ4v) is 3.70. The second-order valence-electron chi connectivity index (χ2n) is 7.59. The zero-order valence-corrected chi connectivity index (χ0v) is 19.0. The Hall–Kier alpha value is -4.56. The summed E-state index contributed by atoms with van der Waals surface area (Å²) in [7, 11) is 0.